The molecule has 96 valence electrons. The van der Waals surface area contributed by atoms with Gasteiger partial charge in [-0.2, -0.15) is 0 Å². The van der Waals surface area contributed by atoms with Gasteiger partial charge >= 0.3 is 0 Å². The van der Waals surface area contributed by atoms with Crippen molar-refractivity contribution in [1.29, 1.82) is 0 Å². The normalized spacial score (nSPS) is 12.7. The van der Waals surface area contributed by atoms with Crippen LogP contribution in [0.25, 0.3) is 0 Å². The van der Waals surface area contributed by atoms with Crippen molar-refractivity contribution >= 4 is 11.6 Å². The smallest absolute Gasteiger partial charge is 0.123 e. The Hall–Kier alpha value is -1.32. The van der Waals surface area contributed by atoms with Gasteiger partial charge in [-0.05, 0) is 49.7 Å². The third-order valence-electron chi connectivity index (χ3n) is 2.79. The van der Waals surface area contributed by atoms with Gasteiger partial charge in [0.1, 0.15) is 17.3 Å². The number of halogens is 2. The first-order chi connectivity index (χ1) is 8.56. The first-order valence-corrected chi connectivity index (χ1v) is 6.17. The summed E-state index contributed by atoms with van der Waals surface area (Å²) in [5, 5.41) is 3.81. The molecule has 1 N–H and O–H groups in total. The summed E-state index contributed by atoms with van der Waals surface area (Å²) in [5.74, 6) is 1.46. The first kappa shape index (κ1) is 13.1. The van der Waals surface area contributed by atoms with Gasteiger partial charge < -0.3 is 9.73 Å². The number of nitrogens with one attached hydrogen (secondary N) is 1. The molecule has 1 atom stereocenters. The standard InChI is InChI=1S/C14H15ClFNO/c1-9-3-6-14(18-9)10(2)17-8-11-7-12(16)4-5-13(11)15/h3-7,10,17H,8H2,1-2H3. The summed E-state index contributed by atoms with van der Waals surface area (Å²) < 4.78 is 18.6. The molecule has 0 aliphatic carbocycles. The summed E-state index contributed by atoms with van der Waals surface area (Å²) in [4.78, 5) is 0. The minimum atomic E-state index is -0.280. The Morgan fingerprint density at radius 2 is 2.11 bits per heavy atom. The van der Waals surface area contributed by atoms with Crippen molar-refractivity contribution in [2.45, 2.75) is 26.4 Å². The molecule has 18 heavy (non-hydrogen) atoms. The van der Waals surface area contributed by atoms with Crippen LogP contribution in [0.1, 0.15) is 30.0 Å². The van der Waals surface area contributed by atoms with E-state index >= 15 is 0 Å². The molecule has 0 bridgehead atoms. The number of hydrogen-bond donors (Lipinski definition) is 1. The number of benzene rings is 1. The molecule has 0 saturated carbocycles. The van der Waals surface area contributed by atoms with Gasteiger partial charge in [-0.1, -0.05) is 11.6 Å². The van der Waals surface area contributed by atoms with Gasteiger partial charge in [0.15, 0.2) is 0 Å². The van der Waals surface area contributed by atoms with Gasteiger partial charge in [-0.25, -0.2) is 4.39 Å². The van der Waals surface area contributed by atoms with Crippen molar-refractivity contribution in [2.24, 2.45) is 0 Å². The average Bonchev–Trinajstić information content (AvgIpc) is 2.77. The molecule has 2 aromatic rings. The molecule has 0 radical (unpaired) electrons. The Balaban J connectivity index is 2.01. The zero-order chi connectivity index (χ0) is 13.1. The zero-order valence-electron chi connectivity index (χ0n) is 10.3. The van der Waals surface area contributed by atoms with E-state index in [0.29, 0.717) is 11.6 Å². The lowest BCUT2D eigenvalue weighted by atomic mass is 10.2. The molecule has 0 aliphatic heterocycles. The third-order valence-corrected chi connectivity index (χ3v) is 3.16. The molecule has 2 rings (SSSR count). The molecule has 1 heterocycles. The minimum absolute atomic E-state index is 0.0537. The van der Waals surface area contributed by atoms with E-state index in [1.165, 1.54) is 12.1 Å². The third kappa shape index (κ3) is 3.12. The Kier molecular flexibility index (Phi) is 4.04. The Labute approximate surface area is 111 Å². The van der Waals surface area contributed by atoms with Crippen LogP contribution in [0.4, 0.5) is 4.39 Å². The van der Waals surface area contributed by atoms with Gasteiger partial charge in [-0.3, -0.25) is 0 Å². The summed E-state index contributed by atoms with van der Waals surface area (Å²) in [7, 11) is 0. The highest BCUT2D eigenvalue weighted by Crippen LogP contribution is 2.20. The van der Waals surface area contributed by atoms with Crippen molar-refractivity contribution in [3.63, 3.8) is 0 Å². The predicted molar refractivity (Wildman–Crippen MR) is 70.1 cm³/mol. The topological polar surface area (TPSA) is 25.2 Å². The van der Waals surface area contributed by atoms with E-state index in [1.807, 2.05) is 26.0 Å². The zero-order valence-corrected chi connectivity index (χ0v) is 11.1. The van der Waals surface area contributed by atoms with E-state index in [0.717, 1.165) is 17.1 Å². The number of hydrogen-bond acceptors (Lipinski definition) is 2. The Bertz CT molecular complexity index is 538. The summed E-state index contributed by atoms with van der Waals surface area (Å²) in [6.45, 7) is 4.39. The lowest BCUT2D eigenvalue weighted by molar-refractivity contribution is 0.415. The molecule has 0 amide bonds. The van der Waals surface area contributed by atoms with Crippen LogP contribution in [0, 0.1) is 12.7 Å². The highest BCUT2D eigenvalue weighted by molar-refractivity contribution is 6.31. The highest BCUT2D eigenvalue weighted by atomic mass is 35.5. The van der Waals surface area contributed by atoms with Crippen molar-refractivity contribution in [1.82, 2.24) is 5.32 Å². The van der Waals surface area contributed by atoms with E-state index in [1.54, 1.807) is 6.07 Å². The second-order valence-corrected chi connectivity index (χ2v) is 4.69. The maximum absolute atomic E-state index is 13.1. The van der Waals surface area contributed by atoms with Gasteiger partial charge in [-0.15, -0.1) is 0 Å². The molecule has 2 nitrogen and oxygen atoms in total. The molecule has 1 aromatic carbocycles. The maximum Gasteiger partial charge on any atom is 0.123 e. The van der Waals surface area contributed by atoms with Gasteiger partial charge in [0.05, 0.1) is 6.04 Å². The monoisotopic (exact) mass is 267 g/mol. The fourth-order valence-corrected chi connectivity index (χ4v) is 1.91. The summed E-state index contributed by atoms with van der Waals surface area (Å²) in [6.07, 6.45) is 0. The summed E-state index contributed by atoms with van der Waals surface area (Å²) in [6, 6.07) is 8.26. The average molecular weight is 268 g/mol. The van der Waals surface area contributed by atoms with Crippen LogP contribution in [-0.4, -0.2) is 0 Å². The second-order valence-electron chi connectivity index (χ2n) is 4.29. The SMILES string of the molecule is Cc1ccc(C(C)NCc2cc(F)ccc2Cl)o1. The minimum Gasteiger partial charge on any atom is -0.465 e. The van der Waals surface area contributed by atoms with Gasteiger partial charge in [0, 0.05) is 11.6 Å². The van der Waals surface area contributed by atoms with Crippen LogP contribution in [0.5, 0.6) is 0 Å². The maximum atomic E-state index is 13.1. The van der Waals surface area contributed by atoms with Crippen LogP contribution in [-0.2, 0) is 6.54 Å². The Morgan fingerprint density at radius 1 is 1.33 bits per heavy atom. The first-order valence-electron chi connectivity index (χ1n) is 5.80. The molecule has 4 heteroatoms. The van der Waals surface area contributed by atoms with Crippen molar-refractivity contribution in [3.8, 4) is 0 Å². The number of rotatable bonds is 4. The highest BCUT2D eigenvalue weighted by Gasteiger charge is 2.10. The lowest BCUT2D eigenvalue weighted by Crippen LogP contribution is -2.17. The number of aryl methyl sites for hydroxylation is 1. The van der Waals surface area contributed by atoms with Gasteiger partial charge in [0.2, 0.25) is 0 Å². The van der Waals surface area contributed by atoms with Crippen molar-refractivity contribution < 1.29 is 8.81 Å². The fraction of sp³-hybridized carbons (Fsp3) is 0.286. The lowest BCUT2D eigenvalue weighted by Gasteiger charge is -2.12. The van der Waals surface area contributed by atoms with E-state index in [9.17, 15) is 4.39 Å². The van der Waals surface area contributed by atoms with E-state index in [2.05, 4.69) is 5.32 Å². The van der Waals surface area contributed by atoms with Crippen LogP contribution in [0.15, 0.2) is 34.7 Å². The predicted octanol–water partition coefficient (Wildman–Crippen LogP) is 4.23. The largest absolute Gasteiger partial charge is 0.465 e. The van der Waals surface area contributed by atoms with Crippen molar-refractivity contribution in [2.75, 3.05) is 0 Å². The molecule has 0 aliphatic rings. The molecule has 0 fully saturated rings. The van der Waals surface area contributed by atoms with Crippen LogP contribution in [0.3, 0.4) is 0 Å². The van der Waals surface area contributed by atoms with Crippen LogP contribution >= 0.6 is 11.6 Å². The molecule has 1 unspecified atom stereocenters. The quantitative estimate of drug-likeness (QED) is 0.897. The summed E-state index contributed by atoms with van der Waals surface area (Å²) >= 11 is 6.00. The van der Waals surface area contributed by atoms with Gasteiger partial charge in [0.25, 0.3) is 0 Å². The van der Waals surface area contributed by atoms with E-state index < -0.39 is 0 Å². The molecular weight excluding hydrogens is 253 g/mol. The summed E-state index contributed by atoms with van der Waals surface area (Å²) in [5.41, 5.74) is 0.742. The number of furan rings is 1. The van der Waals surface area contributed by atoms with E-state index in [-0.39, 0.29) is 11.9 Å². The molecule has 0 spiro atoms. The molecule has 0 saturated heterocycles. The second kappa shape index (κ2) is 5.55. The van der Waals surface area contributed by atoms with E-state index in [4.69, 9.17) is 16.0 Å². The van der Waals surface area contributed by atoms with Crippen molar-refractivity contribution in [3.05, 3.63) is 58.3 Å². The molecule has 1 aromatic heterocycles. The van der Waals surface area contributed by atoms with Crippen LogP contribution in [0.2, 0.25) is 5.02 Å². The fourth-order valence-electron chi connectivity index (χ4n) is 1.73. The van der Waals surface area contributed by atoms with Crippen LogP contribution < -0.4 is 5.32 Å². The Morgan fingerprint density at radius 3 is 2.78 bits per heavy atom. The molecular formula is C14H15ClFNO.